The van der Waals surface area contributed by atoms with Gasteiger partial charge in [-0.3, -0.25) is 0 Å². The first-order valence-electron chi connectivity index (χ1n) is 7.70. The summed E-state index contributed by atoms with van der Waals surface area (Å²) in [5.74, 6) is 0.642. The Morgan fingerprint density at radius 2 is 2.00 bits per heavy atom. The summed E-state index contributed by atoms with van der Waals surface area (Å²) >= 11 is 9.42. The Balaban J connectivity index is 1.62. The highest BCUT2D eigenvalue weighted by atomic mass is 79.9. The number of amides is 2. The number of benzene rings is 2. The van der Waals surface area contributed by atoms with E-state index in [-0.39, 0.29) is 6.03 Å². The van der Waals surface area contributed by atoms with Crippen LogP contribution in [0.25, 0.3) is 0 Å². The maximum Gasteiger partial charge on any atom is 0.315 e. The normalized spacial score (nSPS) is 10.3. The number of rotatable bonds is 7. The number of hydrogen-bond donors (Lipinski definition) is 2. The minimum Gasteiger partial charge on any atom is -0.492 e. The molecule has 0 fully saturated rings. The summed E-state index contributed by atoms with van der Waals surface area (Å²) in [6.07, 6.45) is 0.699. The van der Waals surface area contributed by atoms with Crippen molar-refractivity contribution in [2.24, 2.45) is 0 Å². The van der Waals surface area contributed by atoms with Crippen LogP contribution in [-0.4, -0.2) is 19.2 Å². The predicted molar refractivity (Wildman–Crippen MR) is 101 cm³/mol. The number of ether oxygens (including phenoxy) is 1. The van der Waals surface area contributed by atoms with Crippen molar-refractivity contribution in [3.05, 3.63) is 63.1 Å². The Labute approximate surface area is 155 Å². The fraction of sp³-hybridized carbons (Fsp3) is 0.278. The molecule has 2 aromatic rings. The van der Waals surface area contributed by atoms with Crippen LogP contribution in [0.1, 0.15) is 17.5 Å². The lowest BCUT2D eigenvalue weighted by atomic mass is 10.1. The zero-order valence-electron chi connectivity index (χ0n) is 13.4. The summed E-state index contributed by atoms with van der Waals surface area (Å²) in [6, 6.07) is 13.3. The van der Waals surface area contributed by atoms with Crippen molar-refractivity contribution in [3.8, 4) is 5.75 Å². The van der Waals surface area contributed by atoms with Crippen molar-refractivity contribution in [1.29, 1.82) is 0 Å². The molecule has 0 aromatic heterocycles. The SMILES string of the molecule is Cc1ccccc1CNC(=O)NCCCOc1ccc(Br)cc1Cl. The van der Waals surface area contributed by atoms with Gasteiger partial charge in [-0.15, -0.1) is 0 Å². The minimum atomic E-state index is -0.181. The molecule has 24 heavy (non-hydrogen) atoms. The van der Waals surface area contributed by atoms with Gasteiger partial charge in [-0.2, -0.15) is 0 Å². The van der Waals surface area contributed by atoms with Gasteiger partial charge >= 0.3 is 6.03 Å². The van der Waals surface area contributed by atoms with E-state index in [2.05, 4.69) is 26.6 Å². The Morgan fingerprint density at radius 1 is 1.21 bits per heavy atom. The third-order valence-corrected chi connectivity index (χ3v) is 4.25. The van der Waals surface area contributed by atoms with Gasteiger partial charge in [0.15, 0.2) is 0 Å². The summed E-state index contributed by atoms with van der Waals surface area (Å²) in [4.78, 5) is 11.8. The van der Waals surface area contributed by atoms with Crippen LogP contribution in [0.5, 0.6) is 5.75 Å². The van der Waals surface area contributed by atoms with Crippen LogP contribution in [0.4, 0.5) is 4.79 Å². The van der Waals surface area contributed by atoms with Crippen LogP contribution in [0.15, 0.2) is 46.9 Å². The van der Waals surface area contributed by atoms with Gasteiger partial charge in [-0.1, -0.05) is 51.8 Å². The Morgan fingerprint density at radius 3 is 2.75 bits per heavy atom. The van der Waals surface area contributed by atoms with Crippen LogP contribution < -0.4 is 15.4 Å². The molecule has 0 unspecified atom stereocenters. The van der Waals surface area contributed by atoms with Gasteiger partial charge in [0, 0.05) is 17.6 Å². The molecule has 0 saturated heterocycles. The van der Waals surface area contributed by atoms with E-state index >= 15 is 0 Å². The molecule has 4 nitrogen and oxygen atoms in total. The lowest BCUT2D eigenvalue weighted by Crippen LogP contribution is -2.36. The third kappa shape index (κ3) is 6.06. The van der Waals surface area contributed by atoms with Gasteiger partial charge in [0.05, 0.1) is 11.6 Å². The highest BCUT2D eigenvalue weighted by molar-refractivity contribution is 9.10. The quantitative estimate of drug-likeness (QED) is 0.650. The molecule has 0 aliphatic rings. The molecule has 0 aliphatic carbocycles. The van der Waals surface area contributed by atoms with E-state index in [0.29, 0.717) is 36.9 Å². The molecule has 0 bridgehead atoms. The fourth-order valence-corrected chi connectivity index (χ4v) is 2.82. The number of carbonyl (C=O) groups is 1. The monoisotopic (exact) mass is 410 g/mol. The average Bonchev–Trinajstić information content (AvgIpc) is 2.55. The minimum absolute atomic E-state index is 0.181. The third-order valence-electron chi connectivity index (χ3n) is 3.46. The van der Waals surface area contributed by atoms with Crippen LogP contribution in [-0.2, 0) is 6.54 Å². The van der Waals surface area contributed by atoms with Crippen molar-refractivity contribution in [1.82, 2.24) is 10.6 Å². The van der Waals surface area contributed by atoms with Crippen LogP contribution in [0, 0.1) is 6.92 Å². The molecule has 2 rings (SSSR count). The van der Waals surface area contributed by atoms with Gasteiger partial charge in [0.2, 0.25) is 0 Å². The van der Waals surface area contributed by atoms with E-state index in [1.165, 1.54) is 0 Å². The standard InChI is InChI=1S/C18H20BrClN2O2/c1-13-5-2-3-6-14(13)12-22-18(23)21-9-4-10-24-17-8-7-15(19)11-16(17)20/h2-3,5-8,11H,4,9-10,12H2,1H3,(H2,21,22,23). The Kier molecular flexibility index (Phi) is 7.40. The Bertz CT molecular complexity index is 694. The molecule has 0 spiro atoms. The molecule has 0 radical (unpaired) electrons. The number of hydrogen-bond acceptors (Lipinski definition) is 2. The van der Waals surface area contributed by atoms with Crippen molar-refractivity contribution in [3.63, 3.8) is 0 Å². The smallest absolute Gasteiger partial charge is 0.315 e. The Hall–Kier alpha value is -1.72. The molecule has 2 amide bonds. The van der Waals surface area contributed by atoms with E-state index in [9.17, 15) is 4.79 Å². The van der Waals surface area contributed by atoms with E-state index < -0.39 is 0 Å². The van der Waals surface area contributed by atoms with Gasteiger partial charge in [0.1, 0.15) is 5.75 Å². The average molecular weight is 412 g/mol. The highest BCUT2D eigenvalue weighted by Crippen LogP contribution is 2.27. The van der Waals surface area contributed by atoms with E-state index in [1.54, 1.807) is 6.07 Å². The van der Waals surface area contributed by atoms with Crippen LogP contribution in [0.3, 0.4) is 0 Å². The van der Waals surface area contributed by atoms with Crippen LogP contribution >= 0.6 is 27.5 Å². The van der Waals surface area contributed by atoms with Crippen molar-refractivity contribution >= 4 is 33.6 Å². The summed E-state index contributed by atoms with van der Waals surface area (Å²) in [5.41, 5.74) is 2.28. The zero-order chi connectivity index (χ0) is 17.4. The van der Waals surface area contributed by atoms with Crippen molar-refractivity contribution in [2.75, 3.05) is 13.2 Å². The molecular weight excluding hydrogens is 392 g/mol. The summed E-state index contributed by atoms with van der Waals surface area (Å²) in [6.45, 7) is 3.57. The molecule has 0 heterocycles. The molecule has 128 valence electrons. The first kappa shape index (κ1) is 18.6. The largest absolute Gasteiger partial charge is 0.492 e. The molecule has 0 aliphatic heterocycles. The molecule has 2 N–H and O–H groups in total. The summed E-state index contributed by atoms with van der Waals surface area (Å²) < 4.78 is 6.50. The maximum atomic E-state index is 11.8. The predicted octanol–water partition coefficient (Wildman–Crippen LogP) is 4.68. The van der Waals surface area contributed by atoms with Gasteiger partial charge in [0.25, 0.3) is 0 Å². The second-order valence-corrected chi connectivity index (χ2v) is 6.64. The number of urea groups is 1. The lowest BCUT2D eigenvalue weighted by Gasteiger charge is -2.10. The lowest BCUT2D eigenvalue weighted by molar-refractivity contribution is 0.238. The molecule has 0 saturated carbocycles. The maximum absolute atomic E-state index is 11.8. The second kappa shape index (κ2) is 9.55. The zero-order valence-corrected chi connectivity index (χ0v) is 15.8. The topological polar surface area (TPSA) is 50.4 Å². The molecular formula is C18H20BrClN2O2. The highest BCUT2D eigenvalue weighted by Gasteiger charge is 2.03. The van der Waals surface area contributed by atoms with Gasteiger partial charge in [-0.25, -0.2) is 4.79 Å². The molecule has 0 atom stereocenters. The van der Waals surface area contributed by atoms with Crippen molar-refractivity contribution in [2.45, 2.75) is 19.9 Å². The summed E-state index contributed by atoms with van der Waals surface area (Å²) in [5, 5.41) is 6.22. The van der Waals surface area contributed by atoms with Crippen molar-refractivity contribution < 1.29 is 9.53 Å². The van der Waals surface area contributed by atoms with E-state index in [0.717, 1.165) is 15.6 Å². The first-order valence-corrected chi connectivity index (χ1v) is 8.87. The molecule has 2 aromatic carbocycles. The summed E-state index contributed by atoms with van der Waals surface area (Å²) in [7, 11) is 0. The number of nitrogens with one attached hydrogen (secondary N) is 2. The fourth-order valence-electron chi connectivity index (χ4n) is 2.09. The second-order valence-electron chi connectivity index (χ2n) is 5.31. The molecule has 6 heteroatoms. The number of halogens is 2. The number of aryl methyl sites for hydroxylation is 1. The van der Waals surface area contributed by atoms with Crippen LogP contribution in [0.2, 0.25) is 5.02 Å². The van der Waals surface area contributed by atoms with E-state index in [1.807, 2.05) is 43.3 Å². The van der Waals surface area contributed by atoms with Gasteiger partial charge in [-0.05, 0) is 42.7 Å². The first-order chi connectivity index (χ1) is 11.6. The van der Waals surface area contributed by atoms with Gasteiger partial charge < -0.3 is 15.4 Å². The number of carbonyl (C=O) groups excluding carboxylic acids is 1. The van der Waals surface area contributed by atoms with E-state index in [4.69, 9.17) is 16.3 Å².